The van der Waals surface area contributed by atoms with Crippen LogP contribution in [0, 0.1) is 0 Å². The van der Waals surface area contributed by atoms with E-state index in [4.69, 9.17) is 9.47 Å². The quantitative estimate of drug-likeness (QED) is 0.856. The topological polar surface area (TPSA) is 30.5 Å². The fourth-order valence-corrected chi connectivity index (χ4v) is 2.47. The van der Waals surface area contributed by atoms with E-state index in [2.05, 4.69) is 43.4 Å². The third kappa shape index (κ3) is 4.03. The van der Waals surface area contributed by atoms with Gasteiger partial charge >= 0.3 is 0 Å². The van der Waals surface area contributed by atoms with Crippen molar-refractivity contribution in [1.29, 1.82) is 0 Å². The first-order valence-corrected chi connectivity index (χ1v) is 7.36. The van der Waals surface area contributed by atoms with Gasteiger partial charge in [0, 0.05) is 0 Å². The highest BCUT2D eigenvalue weighted by Gasteiger charge is 2.26. The highest BCUT2D eigenvalue weighted by Crippen LogP contribution is 2.23. The lowest BCUT2D eigenvalue weighted by Crippen LogP contribution is -2.40. The first kappa shape index (κ1) is 14.5. The minimum absolute atomic E-state index is 0.118. The Hall–Kier alpha value is -0.900. The molecule has 2 unspecified atom stereocenters. The molecule has 1 fully saturated rings. The molecule has 1 heterocycles. The Morgan fingerprint density at radius 1 is 1.32 bits per heavy atom. The van der Waals surface area contributed by atoms with Gasteiger partial charge in [0.15, 0.2) is 0 Å². The molecule has 0 bridgehead atoms. The molecule has 0 aromatic heterocycles. The van der Waals surface area contributed by atoms with E-state index in [1.165, 1.54) is 11.1 Å². The van der Waals surface area contributed by atoms with Gasteiger partial charge in [-0.25, -0.2) is 0 Å². The van der Waals surface area contributed by atoms with Crippen LogP contribution in [0.4, 0.5) is 0 Å². The van der Waals surface area contributed by atoms with Gasteiger partial charge in [-0.3, -0.25) is 0 Å². The van der Waals surface area contributed by atoms with Gasteiger partial charge in [-0.1, -0.05) is 38.1 Å². The molecule has 0 spiro atoms. The molecular weight excluding hydrogens is 238 g/mol. The van der Waals surface area contributed by atoms with Crippen LogP contribution in [0.15, 0.2) is 24.3 Å². The van der Waals surface area contributed by atoms with E-state index < -0.39 is 0 Å². The normalized spacial score (nSPS) is 21.3. The van der Waals surface area contributed by atoms with Gasteiger partial charge in [-0.05, 0) is 30.5 Å². The Morgan fingerprint density at radius 3 is 2.89 bits per heavy atom. The van der Waals surface area contributed by atoms with Crippen molar-refractivity contribution >= 4 is 0 Å². The minimum atomic E-state index is 0.118. The van der Waals surface area contributed by atoms with Crippen molar-refractivity contribution in [1.82, 2.24) is 5.32 Å². The Balaban J connectivity index is 2.14. The second kappa shape index (κ2) is 7.63. The van der Waals surface area contributed by atoms with Crippen molar-refractivity contribution in [2.24, 2.45) is 0 Å². The third-order valence-corrected chi connectivity index (χ3v) is 3.55. The molecule has 1 aliphatic rings. The molecule has 2 atom stereocenters. The average Bonchev–Trinajstić information content (AvgIpc) is 2.49. The summed E-state index contributed by atoms with van der Waals surface area (Å²) in [5.74, 6) is 0. The summed E-state index contributed by atoms with van der Waals surface area (Å²) in [5, 5.41) is 3.60. The summed E-state index contributed by atoms with van der Waals surface area (Å²) < 4.78 is 11.4. The first-order chi connectivity index (χ1) is 9.35. The van der Waals surface area contributed by atoms with Gasteiger partial charge < -0.3 is 14.8 Å². The maximum Gasteiger partial charge on any atom is 0.100 e. The van der Waals surface area contributed by atoms with Crippen molar-refractivity contribution in [3.8, 4) is 0 Å². The molecule has 1 N–H and O–H groups in total. The molecule has 3 heteroatoms. The average molecular weight is 263 g/mol. The lowest BCUT2D eigenvalue weighted by molar-refractivity contribution is -0.102. The Morgan fingerprint density at radius 2 is 2.21 bits per heavy atom. The van der Waals surface area contributed by atoms with Gasteiger partial charge in [0.2, 0.25) is 0 Å². The predicted molar refractivity (Wildman–Crippen MR) is 77.4 cm³/mol. The Labute approximate surface area is 116 Å². The van der Waals surface area contributed by atoms with E-state index in [0.717, 1.165) is 19.4 Å². The van der Waals surface area contributed by atoms with E-state index in [9.17, 15) is 0 Å². The van der Waals surface area contributed by atoms with Crippen LogP contribution in [-0.4, -0.2) is 32.5 Å². The van der Waals surface area contributed by atoms with Crippen LogP contribution in [0.3, 0.4) is 0 Å². The fraction of sp³-hybridized carbons (Fsp3) is 0.625. The van der Waals surface area contributed by atoms with Gasteiger partial charge in [-0.2, -0.15) is 0 Å². The van der Waals surface area contributed by atoms with Crippen molar-refractivity contribution in [3.05, 3.63) is 35.4 Å². The van der Waals surface area contributed by atoms with Crippen molar-refractivity contribution in [2.45, 2.75) is 38.8 Å². The molecule has 19 heavy (non-hydrogen) atoms. The molecule has 3 nitrogen and oxygen atoms in total. The standard InChI is InChI=1S/C16H25NO2/c1-3-8-17-16(15-12-18-9-10-19-15)14-7-5-6-13(4-2)11-14/h5-7,11,15-17H,3-4,8-10,12H2,1-2H3. The van der Waals surface area contributed by atoms with Crippen LogP contribution < -0.4 is 5.32 Å². The number of ether oxygens (including phenoxy) is 2. The summed E-state index contributed by atoms with van der Waals surface area (Å²) in [6.45, 7) is 7.46. The summed E-state index contributed by atoms with van der Waals surface area (Å²) in [4.78, 5) is 0. The lowest BCUT2D eigenvalue weighted by Gasteiger charge is -2.31. The number of nitrogens with one attached hydrogen (secondary N) is 1. The van der Waals surface area contributed by atoms with Crippen molar-refractivity contribution in [2.75, 3.05) is 26.4 Å². The van der Waals surface area contributed by atoms with E-state index in [-0.39, 0.29) is 12.1 Å². The number of aryl methyl sites for hydroxylation is 1. The van der Waals surface area contributed by atoms with Crippen molar-refractivity contribution in [3.63, 3.8) is 0 Å². The summed E-state index contributed by atoms with van der Waals surface area (Å²) in [5.41, 5.74) is 2.68. The van der Waals surface area contributed by atoms with E-state index in [1.807, 2.05) is 0 Å². The highest BCUT2D eigenvalue weighted by atomic mass is 16.6. The molecule has 1 aromatic rings. The SMILES string of the molecule is CCCNC(c1cccc(CC)c1)C1COCCO1. The summed E-state index contributed by atoms with van der Waals surface area (Å²) in [6, 6.07) is 9.01. The highest BCUT2D eigenvalue weighted by molar-refractivity contribution is 5.27. The molecule has 1 saturated heterocycles. The monoisotopic (exact) mass is 263 g/mol. The Kier molecular flexibility index (Phi) is 5.83. The number of hydrogen-bond donors (Lipinski definition) is 1. The lowest BCUT2D eigenvalue weighted by atomic mass is 9.98. The molecule has 0 aliphatic carbocycles. The maximum absolute atomic E-state index is 5.88. The smallest absolute Gasteiger partial charge is 0.100 e. The zero-order valence-electron chi connectivity index (χ0n) is 12.0. The molecule has 0 radical (unpaired) electrons. The van der Waals surface area contributed by atoms with Crippen LogP contribution in [0.1, 0.15) is 37.4 Å². The van der Waals surface area contributed by atoms with Gasteiger partial charge in [0.1, 0.15) is 6.10 Å². The predicted octanol–water partition coefficient (Wildman–Crippen LogP) is 2.71. The second-order valence-electron chi connectivity index (χ2n) is 5.01. The third-order valence-electron chi connectivity index (χ3n) is 3.55. The summed E-state index contributed by atoms with van der Waals surface area (Å²) in [7, 11) is 0. The van der Waals surface area contributed by atoms with Crippen LogP contribution >= 0.6 is 0 Å². The zero-order chi connectivity index (χ0) is 13.5. The van der Waals surface area contributed by atoms with E-state index in [1.54, 1.807) is 0 Å². The van der Waals surface area contributed by atoms with Gasteiger partial charge in [0.05, 0.1) is 25.9 Å². The maximum atomic E-state index is 5.88. The van der Waals surface area contributed by atoms with Gasteiger partial charge in [-0.15, -0.1) is 0 Å². The van der Waals surface area contributed by atoms with E-state index >= 15 is 0 Å². The molecule has 2 rings (SSSR count). The van der Waals surface area contributed by atoms with Crippen LogP contribution in [-0.2, 0) is 15.9 Å². The van der Waals surface area contributed by atoms with Crippen LogP contribution in [0.25, 0.3) is 0 Å². The molecule has 1 aliphatic heterocycles. The molecule has 106 valence electrons. The van der Waals surface area contributed by atoms with Gasteiger partial charge in [0.25, 0.3) is 0 Å². The first-order valence-electron chi connectivity index (χ1n) is 7.36. The molecular formula is C16H25NO2. The summed E-state index contributed by atoms with van der Waals surface area (Å²) in [6.07, 6.45) is 2.31. The molecule has 0 saturated carbocycles. The molecule has 1 aromatic carbocycles. The Bertz CT molecular complexity index is 375. The summed E-state index contributed by atoms with van der Waals surface area (Å²) >= 11 is 0. The van der Waals surface area contributed by atoms with Crippen LogP contribution in [0.5, 0.6) is 0 Å². The number of benzene rings is 1. The number of rotatable bonds is 6. The largest absolute Gasteiger partial charge is 0.376 e. The second-order valence-corrected chi connectivity index (χ2v) is 5.01. The minimum Gasteiger partial charge on any atom is -0.376 e. The van der Waals surface area contributed by atoms with Crippen molar-refractivity contribution < 1.29 is 9.47 Å². The van der Waals surface area contributed by atoms with E-state index in [0.29, 0.717) is 19.8 Å². The fourth-order valence-electron chi connectivity index (χ4n) is 2.47. The molecule has 0 amide bonds. The zero-order valence-corrected chi connectivity index (χ0v) is 12.0. The van der Waals surface area contributed by atoms with Crippen LogP contribution in [0.2, 0.25) is 0 Å². The number of hydrogen-bond acceptors (Lipinski definition) is 3.